The summed E-state index contributed by atoms with van der Waals surface area (Å²) in [5.74, 6) is -0.220. The fourth-order valence-electron chi connectivity index (χ4n) is 3.08. The fraction of sp³-hybridized carbons (Fsp3) is 0.444. The van der Waals surface area contributed by atoms with Crippen molar-refractivity contribution in [3.63, 3.8) is 0 Å². The summed E-state index contributed by atoms with van der Waals surface area (Å²) < 4.78 is 40.1. The number of carbonyl (C=O) groups excluding carboxylic acids is 1. The number of alkyl halides is 3. The summed E-state index contributed by atoms with van der Waals surface area (Å²) in [7, 11) is 1.73. The van der Waals surface area contributed by atoms with Crippen LogP contribution in [0.5, 0.6) is 0 Å². The van der Waals surface area contributed by atoms with Crippen LogP contribution in [-0.4, -0.2) is 51.7 Å². The SMILES string of the molecule is Cc1c(Cl)c(C(=O)N2CCN(Cc3cccc(C(F)(F)F)c3)CC2)nn1C. The highest BCUT2D eigenvalue weighted by atomic mass is 35.5. The number of amides is 1. The molecule has 3 rings (SSSR count). The van der Waals surface area contributed by atoms with Gasteiger partial charge in [-0.3, -0.25) is 14.4 Å². The maximum absolute atomic E-state index is 12.8. The zero-order valence-corrected chi connectivity index (χ0v) is 15.8. The highest BCUT2D eigenvalue weighted by Crippen LogP contribution is 2.30. The van der Waals surface area contributed by atoms with E-state index in [0.717, 1.165) is 11.8 Å². The lowest BCUT2D eigenvalue weighted by Crippen LogP contribution is -2.48. The predicted molar refractivity (Wildman–Crippen MR) is 95.6 cm³/mol. The minimum atomic E-state index is -4.35. The molecule has 2 aromatic rings. The van der Waals surface area contributed by atoms with Crippen molar-refractivity contribution < 1.29 is 18.0 Å². The highest BCUT2D eigenvalue weighted by Gasteiger charge is 2.31. The Kier molecular flexibility index (Phi) is 5.48. The number of piperazine rings is 1. The third-order valence-electron chi connectivity index (χ3n) is 4.78. The first-order valence-corrected chi connectivity index (χ1v) is 8.91. The number of halogens is 4. The Labute approximate surface area is 160 Å². The lowest BCUT2D eigenvalue weighted by atomic mass is 10.1. The van der Waals surface area contributed by atoms with Gasteiger partial charge in [0.25, 0.3) is 5.91 Å². The smallest absolute Gasteiger partial charge is 0.335 e. The van der Waals surface area contributed by atoms with Gasteiger partial charge in [0.15, 0.2) is 5.69 Å². The Morgan fingerprint density at radius 1 is 1.22 bits per heavy atom. The van der Waals surface area contributed by atoms with E-state index in [9.17, 15) is 18.0 Å². The van der Waals surface area contributed by atoms with E-state index in [1.54, 1.807) is 29.6 Å². The lowest BCUT2D eigenvalue weighted by Gasteiger charge is -2.34. The Morgan fingerprint density at radius 2 is 1.89 bits per heavy atom. The lowest BCUT2D eigenvalue weighted by molar-refractivity contribution is -0.137. The third-order valence-corrected chi connectivity index (χ3v) is 5.24. The maximum Gasteiger partial charge on any atom is 0.416 e. The first-order valence-electron chi connectivity index (χ1n) is 8.53. The number of benzene rings is 1. The molecule has 0 bridgehead atoms. The molecule has 0 N–H and O–H groups in total. The number of hydrogen-bond acceptors (Lipinski definition) is 3. The second-order valence-corrected chi connectivity index (χ2v) is 7.02. The molecule has 1 fully saturated rings. The van der Waals surface area contributed by atoms with E-state index in [2.05, 4.69) is 5.10 Å². The average Bonchev–Trinajstić information content (AvgIpc) is 2.89. The second-order valence-electron chi connectivity index (χ2n) is 6.64. The maximum atomic E-state index is 12.8. The van der Waals surface area contributed by atoms with Crippen LogP contribution in [0.15, 0.2) is 24.3 Å². The zero-order valence-electron chi connectivity index (χ0n) is 15.1. The van der Waals surface area contributed by atoms with Crippen LogP contribution in [0.25, 0.3) is 0 Å². The predicted octanol–water partition coefficient (Wildman–Crippen LogP) is 3.36. The Morgan fingerprint density at radius 3 is 2.44 bits per heavy atom. The minimum absolute atomic E-state index is 0.220. The summed E-state index contributed by atoms with van der Waals surface area (Å²) in [6.07, 6.45) is -4.35. The molecule has 1 aromatic heterocycles. The standard InChI is InChI=1S/C18H20ClF3N4O/c1-12-15(19)16(23-24(12)2)17(27)26-8-6-25(7-9-26)11-13-4-3-5-14(10-13)18(20,21)22/h3-5,10H,6-9,11H2,1-2H3. The number of carbonyl (C=O) groups is 1. The molecule has 2 heterocycles. The molecule has 0 spiro atoms. The highest BCUT2D eigenvalue weighted by molar-refractivity contribution is 6.34. The first-order chi connectivity index (χ1) is 12.7. The molecule has 9 heteroatoms. The van der Waals surface area contributed by atoms with Crippen LogP contribution in [0.3, 0.4) is 0 Å². The largest absolute Gasteiger partial charge is 0.416 e. The molecule has 0 atom stereocenters. The quantitative estimate of drug-likeness (QED) is 0.793. The number of hydrogen-bond donors (Lipinski definition) is 0. The van der Waals surface area contributed by atoms with Gasteiger partial charge in [0, 0.05) is 39.8 Å². The Bertz CT molecular complexity index is 842. The zero-order chi connectivity index (χ0) is 19.8. The van der Waals surface area contributed by atoms with Crippen molar-refractivity contribution in [3.8, 4) is 0 Å². The van der Waals surface area contributed by atoms with Crippen LogP contribution in [0.1, 0.15) is 27.3 Å². The van der Waals surface area contributed by atoms with Gasteiger partial charge in [0.2, 0.25) is 0 Å². The van der Waals surface area contributed by atoms with Gasteiger partial charge >= 0.3 is 6.18 Å². The second kappa shape index (κ2) is 7.52. The molecule has 0 saturated carbocycles. The minimum Gasteiger partial charge on any atom is -0.335 e. The van der Waals surface area contributed by atoms with Gasteiger partial charge in [0.1, 0.15) is 0 Å². The number of rotatable bonds is 3. The molecule has 146 valence electrons. The molecule has 1 amide bonds. The van der Waals surface area contributed by atoms with Gasteiger partial charge < -0.3 is 4.90 Å². The number of aromatic nitrogens is 2. The summed E-state index contributed by atoms with van der Waals surface area (Å²) in [6, 6.07) is 5.35. The number of aryl methyl sites for hydroxylation is 1. The number of nitrogens with zero attached hydrogens (tertiary/aromatic N) is 4. The monoisotopic (exact) mass is 400 g/mol. The van der Waals surface area contributed by atoms with E-state index in [1.807, 2.05) is 4.90 Å². The average molecular weight is 401 g/mol. The van der Waals surface area contributed by atoms with Crippen molar-refractivity contribution in [2.75, 3.05) is 26.2 Å². The topological polar surface area (TPSA) is 41.4 Å². The van der Waals surface area contributed by atoms with Crippen molar-refractivity contribution in [1.82, 2.24) is 19.6 Å². The molecule has 5 nitrogen and oxygen atoms in total. The Hall–Kier alpha value is -2.06. The summed E-state index contributed by atoms with van der Waals surface area (Å²) in [5.41, 5.74) is 0.924. The van der Waals surface area contributed by atoms with E-state index < -0.39 is 11.7 Å². The van der Waals surface area contributed by atoms with Gasteiger partial charge in [-0.15, -0.1) is 0 Å². The molecular formula is C18H20ClF3N4O. The van der Waals surface area contributed by atoms with E-state index >= 15 is 0 Å². The summed E-state index contributed by atoms with van der Waals surface area (Å²) in [6.45, 7) is 4.30. The molecular weight excluding hydrogens is 381 g/mol. The summed E-state index contributed by atoms with van der Waals surface area (Å²) in [4.78, 5) is 16.3. The van der Waals surface area contributed by atoms with Crippen LogP contribution in [0.4, 0.5) is 13.2 Å². The van der Waals surface area contributed by atoms with Crippen molar-refractivity contribution in [3.05, 3.63) is 51.8 Å². The van der Waals surface area contributed by atoms with E-state index in [4.69, 9.17) is 11.6 Å². The van der Waals surface area contributed by atoms with Gasteiger partial charge in [0.05, 0.1) is 16.3 Å². The molecule has 1 saturated heterocycles. The molecule has 1 aromatic carbocycles. The first kappa shape index (κ1) is 19.7. The van der Waals surface area contributed by atoms with Crippen LogP contribution < -0.4 is 0 Å². The molecule has 1 aliphatic heterocycles. The Balaban J connectivity index is 1.61. The fourth-order valence-corrected chi connectivity index (χ4v) is 3.32. The van der Waals surface area contributed by atoms with Gasteiger partial charge in [-0.1, -0.05) is 29.8 Å². The summed E-state index contributed by atoms with van der Waals surface area (Å²) >= 11 is 6.18. The van der Waals surface area contributed by atoms with Crippen LogP contribution >= 0.6 is 11.6 Å². The molecule has 0 radical (unpaired) electrons. The van der Waals surface area contributed by atoms with E-state index in [1.165, 1.54) is 12.1 Å². The van der Waals surface area contributed by atoms with Crippen molar-refractivity contribution in [1.29, 1.82) is 0 Å². The van der Waals surface area contributed by atoms with E-state index in [0.29, 0.717) is 43.3 Å². The molecule has 0 unspecified atom stereocenters. The summed E-state index contributed by atoms with van der Waals surface area (Å²) in [5, 5.41) is 4.53. The molecule has 27 heavy (non-hydrogen) atoms. The van der Waals surface area contributed by atoms with Crippen molar-refractivity contribution in [2.45, 2.75) is 19.6 Å². The van der Waals surface area contributed by atoms with Gasteiger partial charge in [-0.05, 0) is 18.6 Å². The molecule has 1 aliphatic rings. The normalized spacial score (nSPS) is 16.0. The van der Waals surface area contributed by atoms with Gasteiger partial charge in [-0.25, -0.2) is 0 Å². The van der Waals surface area contributed by atoms with Crippen LogP contribution in [0.2, 0.25) is 5.02 Å². The van der Waals surface area contributed by atoms with Crippen molar-refractivity contribution in [2.24, 2.45) is 7.05 Å². The van der Waals surface area contributed by atoms with E-state index in [-0.39, 0.29) is 11.6 Å². The van der Waals surface area contributed by atoms with Crippen LogP contribution in [0, 0.1) is 6.92 Å². The third kappa shape index (κ3) is 4.27. The van der Waals surface area contributed by atoms with Gasteiger partial charge in [-0.2, -0.15) is 18.3 Å². The molecule has 0 aliphatic carbocycles. The van der Waals surface area contributed by atoms with Crippen molar-refractivity contribution >= 4 is 17.5 Å². The van der Waals surface area contributed by atoms with Crippen LogP contribution in [-0.2, 0) is 19.8 Å².